The zero-order valence-electron chi connectivity index (χ0n) is 6.11. The third-order valence-corrected chi connectivity index (χ3v) is 3.40. The summed E-state index contributed by atoms with van der Waals surface area (Å²) in [6.07, 6.45) is 1.59. The molecule has 58 valence electrons. The van der Waals surface area contributed by atoms with Gasteiger partial charge in [-0.2, -0.15) is 3.89 Å². The molecule has 0 N–H and O–H groups in total. The van der Waals surface area contributed by atoms with E-state index in [2.05, 4.69) is 0 Å². The first-order valence-electron chi connectivity index (χ1n) is 3.22. The van der Waals surface area contributed by atoms with Gasteiger partial charge in [-0.05, 0) is 6.92 Å². The van der Waals surface area contributed by atoms with Gasteiger partial charge in [0.25, 0.3) is 0 Å². The molecule has 4 nitrogen and oxygen atoms in total. The predicted molar refractivity (Wildman–Crippen MR) is 40.0 cm³/mol. The summed E-state index contributed by atoms with van der Waals surface area (Å²) in [5.74, 6) is 0. The van der Waals surface area contributed by atoms with E-state index >= 15 is 0 Å². The van der Waals surface area contributed by atoms with E-state index in [4.69, 9.17) is 0 Å². The van der Waals surface area contributed by atoms with Crippen molar-refractivity contribution in [2.24, 2.45) is 0 Å². The van der Waals surface area contributed by atoms with Crippen LogP contribution in [0.1, 0.15) is 6.92 Å². The predicted octanol–water partition coefficient (Wildman–Crippen LogP) is 0.717. The SMILES string of the molecule is CC[N+]1(SC)CC1[N+](=O)[O-]. The Bertz CT molecular complexity index is 158. The van der Waals surface area contributed by atoms with Crippen LogP contribution in [0.4, 0.5) is 0 Å². The Morgan fingerprint density at radius 2 is 2.50 bits per heavy atom. The zero-order valence-corrected chi connectivity index (χ0v) is 6.93. The lowest BCUT2D eigenvalue weighted by atomic mass is 10.7. The minimum Gasteiger partial charge on any atom is -0.259 e. The van der Waals surface area contributed by atoms with Gasteiger partial charge in [-0.25, -0.2) is 0 Å². The van der Waals surface area contributed by atoms with Gasteiger partial charge < -0.3 is 0 Å². The Balaban J connectivity index is 2.53. The Morgan fingerprint density at radius 3 is 2.60 bits per heavy atom. The third kappa shape index (κ3) is 0.992. The molecule has 1 aliphatic rings. The Hall–Kier alpha value is -0.290. The molecule has 0 amide bonds. The lowest BCUT2D eigenvalue weighted by molar-refractivity contribution is -0.761. The van der Waals surface area contributed by atoms with Gasteiger partial charge in [-0.3, -0.25) is 10.1 Å². The van der Waals surface area contributed by atoms with Crippen molar-refractivity contribution in [2.75, 3.05) is 19.3 Å². The van der Waals surface area contributed by atoms with Crippen molar-refractivity contribution < 1.29 is 8.81 Å². The quantitative estimate of drug-likeness (QED) is 0.202. The van der Waals surface area contributed by atoms with Crippen molar-refractivity contribution in [3.05, 3.63) is 10.1 Å². The normalized spacial score (nSPS) is 37.6. The Labute approximate surface area is 64.1 Å². The maximum atomic E-state index is 10.3. The van der Waals surface area contributed by atoms with Crippen LogP contribution < -0.4 is 0 Å². The average Bonchev–Trinajstić information content (AvgIpc) is 2.63. The number of quaternary nitrogens is 1. The maximum Gasteiger partial charge on any atom is 0.396 e. The second-order valence-electron chi connectivity index (χ2n) is 2.40. The molecule has 1 fully saturated rings. The summed E-state index contributed by atoms with van der Waals surface area (Å²) < 4.78 is 0.604. The van der Waals surface area contributed by atoms with Crippen LogP contribution in [0.25, 0.3) is 0 Å². The molecule has 0 aliphatic carbocycles. The molecule has 1 aliphatic heterocycles. The average molecular weight is 163 g/mol. The summed E-state index contributed by atoms with van der Waals surface area (Å²) in [4.78, 5) is 10.1. The number of hydrogen-bond donors (Lipinski definition) is 0. The molecule has 1 rings (SSSR count). The van der Waals surface area contributed by atoms with Crippen LogP contribution in [0.15, 0.2) is 0 Å². The van der Waals surface area contributed by atoms with Crippen molar-refractivity contribution in [1.29, 1.82) is 0 Å². The van der Waals surface area contributed by atoms with Crippen LogP contribution in [0.2, 0.25) is 0 Å². The summed E-state index contributed by atoms with van der Waals surface area (Å²) in [7, 11) is 0. The molecule has 2 unspecified atom stereocenters. The van der Waals surface area contributed by atoms with Gasteiger partial charge in [0, 0.05) is 6.26 Å². The van der Waals surface area contributed by atoms with Gasteiger partial charge in [-0.1, -0.05) is 0 Å². The van der Waals surface area contributed by atoms with Gasteiger partial charge in [0.05, 0.1) is 23.4 Å². The van der Waals surface area contributed by atoms with Gasteiger partial charge in [0.1, 0.15) is 0 Å². The molecule has 1 heterocycles. The Kier molecular flexibility index (Phi) is 1.87. The molecular formula is C5H11N2O2S+. The van der Waals surface area contributed by atoms with Gasteiger partial charge in [-0.15, -0.1) is 0 Å². The number of nitro groups is 1. The monoisotopic (exact) mass is 163 g/mol. The van der Waals surface area contributed by atoms with Crippen LogP contribution in [-0.2, 0) is 0 Å². The molecule has 0 aromatic heterocycles. The van der Waals surface area contributed by atoms with Crippen molar-refractivity contribution in [3.63, 3.8) is 0 Å². The molecule has 0 aromatic rings. The van der Waals surface area contributed by atoms with Gasteiger partial charge in [0.2, 0.25) is 6.54 Å². The van der Waals surface area contributed by atoms with Crippen LogP contribution in [-0.4, -0.2) is 34.3 Å². The minimum absolute atomic E-state index is 0.181. The number of rotatable bonds is 3. The maximum absolute atomic E-state index is 10.3. The second-order valence-corrected chi connectivity index (χ2v) is 3.49. The van der Waals surface area contributed by atoms with Crippen molar-refractivity contribution in [1.82, 2.24) is 0 Å². The summed E-state index contributed by atoms with van der Waals surface area (Å²) in [5.41, 5.74) is 0. The highest BCUT2D eigenvalue weighted by atomic mass is 32.2. The van der Waals surface area contributed by atoms with E-state index in [-0.39, 0.29) is 11.1 Å². The molecule has 10 heavy (non-hydrogen) atoms. The first kappa shape index (κ1) is 7.81. The summed E-state index contributed by atoms with van der Waals surface area (Å²) in [6, 6.07) is 0. The fourth-order valence-electron chi connectivity index (χ4n) is 1.13. The summed E-state index contributed by atoms with van der Waals surface area (Å²) >= 11 is 1.57. The molecule has 0 spiro atoms. The van der Waals surface area contributed by atoms with Gasteiger partial charge >= 0.3 is 6.17 Å². The first-order valence-corrected chi connectivity index (χ1v) is 4.40. The first-order chi connectivity index (χ1) is 4.66. The molecular weight excluding hydrogens is 152 g/mol. The highest BCUT2D eigenvalue weighted by Crippen LogP contribution is 2.38. The smallest absolute Gasteiger partial charge is 0.259 e. The zero-order chi connectivity index (χ0) is 7.78. The van der Waals surface area contributed by atoms with E-state index in [1.54, 1.807) is 11.9 Å². The van der Waals surface area contributed by atoms with Crippen molar-refractivity contribution >= 4 is 11.9 Å². The molecule has 5 heteroatoms. The van der Waals surface area contributed by atoms with Gasteiger partial charge in [0.15, 0.2) is 0 Å². The fraction of sp³-hybridized carbons (Fsp3) is 1.00. The molecule has 0 saturated carbocycles. The number of hydrogen-bond acceptors (Lipinski definition) is 3. The van der Waals surface area contributed by atoms with E-state index in [0.717, 1.165) is 6.54 Å². The number of nitrogens with zero attached hydrogens (tertiary/aromatic N) is 2. The highest BCUT2D eigenvalue weighted by Gasteiger charge is 2.64. The fourth-order valence-corrected chi connectivity index (χ4v) is 1.99. The Morgan fingerprint density at radius 1 is 1.90 bits per heavy atom. The second kappa shape index (κ2) is 2.39. The van der Waals surface area contributed by atoms with Crippen molar-refractivity contribution in [3.8, 4) is 0 Å². The molecule has 0 aromatic carbocycles. The molecule has 0 radical (unpaired) electrons. The highest BCUT2D eigenvalue weighted by molar-refractivity contribution is 7.93. The standard InChI is InChI=1S/C5H11N2O2S/c1-3-7(10-2)4-5(7)6(8)9/h5H,3-4H2,1-2H3/q+1. The minimum atomic E-state index is -0.333. The van der Waals surface area contributed by atoms with E-state index in [0.29, 0.717) is 10.4 Å². The lowest BCUT2D eigenvalue weighted by Gasteiger charge is -2.07. The van der Waals surface area contributed by atoms with E-state index < -0.39 is 0 Å². The number of likely N-dealkylation sites (N-methyl/N-ethyl adjacent to an activating group) is 1. The summed E-state index contributed by atoms with van der Waals surface area (Å²) in [6.45, 7) is 3.54. The van der Waals surface area contributed by atoms with E-state index in [1.165, 1.54) is 0 Å². The van der Waals surface area contributed by atoms with Crippen LogP contribution in [0.5, 0.6) is 0 Å². The molecule has 1 saturated heterocycles. The van der Waals surface area contributed by atoms with Crippen LogP contribution in [0, 0.1) is 10.1 Å². The van der Waals surface area contributed by atoms with Crippen LogP contribution >= 0.6 is 11.9 Å². The largest absolute Gasteiger partial charge is 0.396 e. The molecule has 2 atom stereocenters. The third-order valence-electron chi connectivity index (χ3n) is 2.02. The van der Waals surface area contributed by atoms with Crippen molar-refractivity contribution in [2.45, 2.75) is 13.1 Å². The summed E-state index contributed by atoms with van der Waals surface area (Å²) in [5, 5.41) is 10.3. The van der Waals surface area contributed by atoms with E-state index in [9.17, 15) is 10.1 Å². The van der Waals surface area contributed by atoms with E-state index in [1.807, 2.05) is 13.2 Å². The van der Waals surface area contributed by atoms with Crippen LogP contribution in [0.3, 0.4) is 0 Å². The molecule has 0 bridgehead atoms. The lowest BCUT2D eigenvalue weighted by Crippen LogP contribution is -2.23. The topological polar surface area (TPSA) is 43.1 Å².